The molecule has 0 aromatic heterocycles. The molecule has 1 heterocycles. The maximum absolute atomic E-state index is 13.5. The SMILES string of the molecule is NC1CNNC1c1cc(Br)ccc1F. The summed E-state index contributed by atoms with van der Waals surface area (Å²) in [7, 11) is 0. The highest BCUT2D eigenvalue weighted by Gasteiger charge is 2.27. The van der Waals surface area contributed by atoms with Crippen LogP contribution in [0.1, 0.15) is 11.6 Å². The lowest BCUT2D eigenvalue weighted by Crippen LogP contribution is -2.30. The molecule has 2 rings (SSSR count). The largest absolute Gasteiger partial charge is 0.325 e. The van der Waals surface area contributed by atoms with Gasteiger partial charge in [0, 0.05) is 22.6 Å². The van der Waals surface area contributed by atoms with Crippen molar-refractivity contribution in [2.75, 3.05) is 6.54 Å². The van der Waals surface area contributed by atoms with E-state index in [1.807, 2.05) is 0 Å². The molecule has 0 spiro atoms. The van der Waals surface area contributed by atoms with Crippen LogP contribution in [-0.2, 0) is 0 Å². The first-order chi connectivity index (χ1) is 6.68. The van der Waals surface area contributed by atoms with Crippen LogP contribution in [0.2, 0.25) is 0 Å². The van der Waals surface area contributed by atoms with Crippen LogP contribution in [0.5, 0.6) is 0 Å². The zero-order valence-corrected chi connectivity index (χ0v) is 9.01. The van der Waals surface area contributed by atoms with E-state index in [4.69, 9.17) is 5.73 Å². The molecule has 1 saturated heterocycles. The number of rotatable bonds is 1. The molecule has 2 unspecified atom stereocenters. The molecule has 76 valence electrons. The molecular weight excluding hydrogens is 249 g/mol. The van der Waals surface area contributed by atoms with E-state index in [0.29, 0.717) is 12.1 Å². The van der Waals surface area contributed by atoms with Crippen molar-refractivity contribution in [3.8, 4) is 0 Å². The predicted octanol–water partition coefficient (Wildman–Crippen LogP) is 1.06. The molecule has 0 radical (unpaired) electrons. The second-order valence-corrected chi connectivity index (χ2v) is 4.25. The highest BCUT2D eigenvalue weighted by molar-refractivity contribution is 9.10. The molecular formula is C9H11BrFN3. The number of benzene rings is 1. The number of hydrazine groups is 1. The smallest absolute Gasteiger partial charge is 0.128 e. The van der Waals surface area contributed by atoms with Crippen molar-refractivity contribution in [3.63, 3.8) is 0 Å². The first-order valence-corrected chi connectivity index (χ1v) is 5.16. The van der Waals surface area contributed by atoms with Gasteiger partial charge < -0.3 is 5.73 Å². The molecule has 1 aliphatic rings. The lowest BCUT2D eigenvalue weighted by atomic mass is 10.0. The van der Waals surface area contributed by atoms with Gasteiger partial charge in [0.05, 0.1) is 6.04 Å². The first-order valence-electron chi connectivity index (χ1n) is 4.37. The third-order valence-corrected chi connectivity index (χ3v) is 2.81. The fourth-order valence-electron chi connectivity index (χ4n) is 1.57. The van der Waals surface area contributed by atoms with Gasteiger partial charge >= 0.3 is 0 Å². The Morgan fingerprint density at radius 1 is 1.50 bits per heavy atom. The van der Waals surface area contributed by atoms with Gasteiger partial charge in [-0.15, -0.1) is 0 Å². The molecule has 1 aromatic rings. The average Bonchev–Trinajstić information content (AvgIpc) is 2.56. The van der Waals surface area contributed by atoms with E-state index in [-0.39, 0.29) is 17.9 Å². The van der Waals surface area contributed by atoms with Crippen molar-refractivity contribution >= 4 is 15.9 Å². The summed E-state index contributed by atoms with van der Waals surface area (Å²) in [6.45, 7) is 0.649. The van der Waals surface area contributed by atoms with Gasteiger partial charge in [-0.25, -0.2) is 9.82 Å². The minimum Gasteiger partial charge on any atom is -0.325 e. The lowest BCUT2D eigenvalue weighted by molar-refractivity contribution is 0.510. The Labute approximate surface area is 90.0 Å². The molecule has 0 saturated carbocycles. The predicted molar refractivity (Wildman–Crippen MR) is 56.0 cm³/mol. The summed E-state index contributed by atoms with van der Waals surface area (Å²) < 4.78 is 14.3. The Morgan fingerprint density at radius 2 is 2.29 bits per heavy atom. The number of nitrogens with one attached hydrogen (secondary N) is 2. The molecule has 14 heavy (non-hydrogen) atoms. The summed E-state index contributed by atoms with van der Waals surface area (Å²) in [5.41, 5.74) is 12.3. The van der Waals surface area contributed by atoms with Gasteiger partial charge in [-0.1, -0.05) is 15.9 Å². The van der Waals surface area contributed by atoms with Gasteiger partial charge in [-0.2, -0.15) is 0 Å². The zero-order chi connectivity index (χ0) is 10.1. The molecule has 1 aliphatic heterocycles. The third-order valence-electron chi connectivity index (χ3n) is 2.32. The minimum absolute atomic E-state index is 0.0983. The van der Waals surface area contributed by atoms with E-state index < -0.39 is 0 Å². The van der Waals surface area contributed by atoms with Gasteiger partial charge in [-0.3, -0.25) is 5.43 Å². The number of hydrogen-bond donors (Lipinski definition) is 3. The van der Waals surface area contributed by atoms with E-state index in [1.54, 1.807) is 12.1 Å². The van der Waals surface area contributed by atoms with Crippen molar-refractivity contribution < 1.29 is 4.39 Å². The van der Waals surface area contributed by atoms with Gasteiger partial charge in [0.25, 0.3) is 0 Å². The summed E-state index contributed by atoms with van der Waals surface area (Å²) in [6.07, 6.45) is 0. The van der Waals surface area contributed by atoms with E-state index >= 15 is 0 Å². The van der Waals surface area contributed by atoms with E-state index in [2.05, 4.69) is 26.8 Å². The fraction of sp³-hybridized carbons (Fsp3) is 0.333. The van der Waals surface area contributed by atoms with Crippen LogP contribution in [0.15, 0.2) is 22.7 Å². The van der Waals surface area contributed by atoms with Crippen LogP contribution in [0.4, 0.5) is 4.39 Å². The maximum atomic E-state index is 13.5. The molecule has 1 fully saturated rings. The molecule has 3 nitrogen and oxygen atoms in total. The van der Waals surface area contributed by atoms with Crippen molar-refractivity contribution in [2.24, 2.45) is 5.73 Å². The average molecular weight is 260 g/mol. The summed E-state index contributed by atoms with van der Waals surface area (Å²) in [4.78, 5) is 0. The van der Waals surface area contributed by atoms with E-state index in [0.717, 1.165) is 4.47 Å². The molecule has 0 bridgehead atoms. The first kappa shape index (κ1) is 10.0. The Hall–Kier alpha value is -0.490. The van der Waals surface area contributed by atoms with Gasteiger partial charge in [0.15, 0.2) is 0 Å². The van der Waals surface area contributed by atoms with Crippen LogP contribution in [-0.4, -0.2) is 12.6 Å². The molecule has 2 atom stereocenters. The molecule has 4 N–H and O–H groups in total. The van der Waals surface area contributed by atoms with Crippen LogP contribution < -0.4 is 16.6 Å². The Balaban J connectivity index is 2.34. The number of halogens is 2. The molecule has 0 amide bonds. The monoisotopic (exact) mass is 259 g/mol. The lowest BCUT2D eigenvalue weighted by Gasteiger charge is -2.15. The second kappa shape index (κ2) is 3.94. The Morgan fingerprint density at radius 3 is 2.93 bits per heavy atom. The van der Waals surface area contributed by atoms with Gasteiger partial charge in [0.1, 0.15) is 5.82 Å². The quantitative estimate of drug-likeness (QED) is 0.707. The van der Waals surface area contributed by atoms with Crippen LogP contribution in [0, 0.1) is 5.82 Å². The van der Waals surface area contributed by atoms with Gasteiger partial charge in [0.2, 0.25) is 0 Å². The summed E-state index contributed by atoms with van der Waals surface area (Å²) in [5.74, 6) is -0.232. The molecule has 0 aliphatic carbocycles. The third kappa shape index (κ3) is 1.81. The number of nitrogens with two attached hydrogens (primary N) is 1. The highest BCUT2D eigenvalue weighted by Crippen LogP contribution is 2.24. The Bertz CT molecular complexity index is 345. The summed E-state index contributed by atoms with van der Waals surface area (Å²) >= 11 is 3.31. The van der Waals surface area contributed by atoms with Crippen LogP contribution >= 0.6 is 15.9 Å². The molecule has 5 heteroatoms. The van der Waals surface area contributed by atoms with Crippen molar-refractivity contribution in [1.29, 1.82) is 0 Å². The Kier molecular flexibility index (Phi) is 2.83. The highest BCUT2D eigenvalue weighted by atomic mass is 79.9. The van der Waals surface area contributed by atoms with E-state index in [1.165, 1.54) is 6.07 Å². The van der Waals surface area contributed by atoms with Crippen LogP contribution in [0.3, 0.4) is 0 Å². The minimum atomic E-state index is -0.232. The van der Waals surface area contributed by atoms with Crippen molar-refractivity contribution in [1.82, 2.24) is 10.9 Å². The fourth-order valence-corrected chi connectivity index (χ4v) is 1.95. The standard InChI is InChI=1S/C9H11BrFN3/c10-5-1-2-7(11)6(3-5)9-8(12)4-13-14-9/h1-3,8-9,13-14H,4,12H2. The molecule has 1 aromatic carbocycles. The van der Waals surface area contributed by atoms with Crippen molar-refractivity contribution in [2.45, 2.75) is 12.1 Å². The van der Waals surface area contributed by atoms with E-state index in [9.17, 15) is 4.39 Å². The number of hydrogen-bond acceptors (Lipinski definition) is 3. The van der Waals surface area contributed by atoms with Crippen LogP contribution in [0.25, 0.3) is 0 Å². The second-order valence-electron chi connectivity index (χ2n) is 3.33. The van der Waals surface area contributed by atoms with Crippen molar-refractivity contribution in [3.05, 3.63) is 34.1 Å². The summed E-state index contributed by atoms with van der Waals surface area (Å²) in [5, 5.41) is 0. The zero-order valence-electron chi connectivity index (χ0n) is 7.43. The topological polar surface area (TPSA) is 50.1 Å². The normalized spacial score (nSPS) is 26.8. The van der Waals surface area contributed by atoms with Gasteiger partial charge in [-0.05, 0) is 18.2 Å². The maximum Gasteiger partial charge on any atom is 0.128 e. The summed E-state index contributed by atoms with van der Waals surface area (Å²) in [6, 6.07) is 4.60.